The standard InChI is InChI=1S/C18H28N3O6P/c1-20(2)9-8-14-12-21(17-7-6-15(24-3)10-16(14)17)13-27-28(23,26-5)19-11-18(22)25-4/h6-7,10,12H,8-9,11,13H2,1-5H3,(H,19,23). The van der Waals surface area contributed by atoms with Crippen LogP contribution in [0, 0.1) is 0 Å². The van der Waals surface area contributed by atoms with Gasteiger partial charge in [-0.25, -0.2) is 9.65 Å². The van der Waals surface area contributed by atoms with E-state index in [4.69, 9.17) is 13.8 Å². The summed E-state index contributed by atoms with van der Waals surface area (Å²) in [6, 6.07) is 5.76. The number of fused-ring (bicyclic) bond motifs is 1. The minimum Gasteiger partial charge on any atom is -0.497 e. The number of methoxy groups -OCH3 is 2. The molecule has 0 radical (unpaired) electrons. The molecule has 0 saturated heterocycles. The fraction of sp³-hybridized carbons (Fsp3) is 0.500. The molecule has 1 atom stereocenters. The summed E-state index contributed by atoms with van der Waals surface area (Å²) in [6.07, 6.45) is 2.81. The van der Waals surface area contributed by atoms with Crippen molar-refractivity contribution in [2.75, 3.05) is 48.5 Å². The Kier molecular flexibility index (Phi) is 8.03. The molecular formula is C18H28N3O6P. The predicted octanol–water partition coefficient (Wildman–Crippen LogP) is 2.25. The van der Waals surface area contributed by atoms with E-state index in [2.05, 4.69) is 14.7 Å². The molecule has 0 aliphatic carbocycles. The molecule has 28 heavy (non-hydrogen) atoms. The summed E-state index contributed by atoms with van der Waals surface area (Å²) in [5.74, 6) is 0.199. The normalized spacial score (nSPS) is 13.6. The Morgan fingerprint density at radius 3 is 2.61 bits per heavy atom. The molecular weight excluding hydrogens is 385 g/mol. The van der Waals surface area contributed by atoms with Crippen molar-refractivity contribution >= 4 is 24.6 Å². The third kappa shape index (κ3) is 5.80. The lowest BCUT2D eigenvalue weighted by Crippen LogP contribution is -2.23. The number of likely N-dealkylation sites (N-methyl/N-ethyl adjacent to an activating group) is 1. The average molecular weight is 413 g/mol. The molecule has 10 heteroatoms. The van der Waals surface area contributed by atoms with E-state index in [9.17, 15) is 9.36 Å². The molecule has 0 fully saturated rings. The van der Waals surface area contributed by atoms with Gasteiger partial charge in [-0.1, -0.05) is 0 Å². The highest BCUT2D eigenvalue weighted by Crippen LogP contribution is 2.43. The highest BCUT2D eigenvalue weighted by atomic mass is 31.2. The van der Waals surface area contributed by atoms with E-state index in [0.29, 0.717) is 0 Å². The lowest BCUT2D eigenvalue weighted by atomic mass is 10.1. The molecule has 1 aromatic carbocycles. The lowest BCUT2D eigenvalue weighted by molar-refractivity contribution is -0.139. The van der Waals surface area contributed by atoms with Gasteiger partial charge in [-0.3, -0.25) is 9.32 Å². The smallest absolute Gasteiger partial charge is 0.407 e. The Morgan fingerprint density at radius 1 is 1.25 bits per heavy atom. The Hall–Kier alpha value is -1.90. The van der Waals surface area contributed by atoms with E-state index in [1.54, 1.807) is 7.11 Å². The number of carbonyl (C=O) groups excluding carboxylic acids is 1. The molecule has 0 amide bonds. The van der Waals surface area contributed by atoms with Crippen molar-refractivity contribution in [3.8, 4) is 5.75 Å². The summed E-state index contributed by atoms with van der Waals surface area (Å²) in [5.41, 5.74) is 2.05. The predicted molar refractivity (Wildman–Crippen MR) is 106 cm³/mol. The number of hydrogen-bond donors (Lipinski definition) is 1. The SMILES string of the molecule is COC(=O)CNP(=O)(OC)OCn1cc(CCN(C)C)c2cc(OC)ccc21. The van der Waals surface area contributed by atoms with Gasteiger partial charge in [-0.05, 0) is 44.3 Å². The van der Waals surface area contributed by atoms with E-state index in [1.807, 2.05) is 43.1 Å². The number of carbonyl (C=O) groups is 1. The molecule has 0 bridgehead atoms. The largest absolute Gasteiger partial charge is 0.497 e. The zero-order chi connectivity index (χ0) is 20.7. The van der Waals surface area contributed by atoms with E-state index >= 15 is 0 Å². The maximum absolute atomic E-state index is 12.6. The number of hydrogen-bond acceptors (Lipinski definition) is 7. The Bertz CT molecular complexity index is 851. The molecule has 0 saturated carbocycles. The molecule has 9 nitrogen and oxygen atoms in total. The van der Waals surface area contributed by atoms with Crippen LogP contribution in [0.15, 0.2) is 24.4 Å². The van der Waals surface area contributed by atoms with E-state index in [1.165, 1.54) is 14.2 Å². The van der Waals surface area contributed by atoms with Crippen LogP contribution in [0.2, 0.25) is 0 Å². The maximum Gasteiger partial charge on any atom is 0.407 e. The number of aromatic nitrogens is 1. The third-order valence-corrected chi connectivity index (χ3v) is 5.73. The second-order valence-electron chi connectivity index (χ2n) is 6.41. The average Bonchev–Trinajstić information content (AvgIpc) is 3.05. The summed E-state index contributed by atoms with van der Waals surface area (Å²) in [5, 5.41) is 3.52. The fourth-order valence-electron chi connectivity index (χ4n) is 2.66. The summed E-state index contributed by atoms with van der Waals surface area (Å²) in [4.78, 5) is 13.4. The van der Waals surface area contributed by atoms with Crippen LogP contribution in [0.3, 0.4) is 0 Å². The molecule has 2 rings (SSSR count). The van der Waals surface area contributed by atoms with Crippen molar-refractivity contribution in [2.24, 2.45) is 0 Å². The first kappa shape index (κ1) is 22.4. The number of rotatable bonds is 11. The Morgan fingerprint density at radius 2 is 2.00 bits per heavy atom. The molecule has 156 valence electrons. The van der Waals surface area contributed by atoms with Crippen molar-refractivity contribution in [3.63, 3.8) is 0 Å². The molecule has 0 aliphatic heterocycles. The van der Waals surface area contributed by atoms with Gasteiger partial charge in [0.15, 0.2) is 0 Å². The molecule has 1 heterocycles. The van der Waals surface area contributed by atoms with Crippen molar-refractivity contribution in [1.82, 2.24) is 14.6 Å². The van der Waals surface area contributed by atoms with Crippen molar-refractivity contribution in [1.29, 1.82) is 0 Å². The zero-order valence-corrected chi connectivity index (χ0v) is 17.8. The monoisotopic (exact) mass is 413 g/mol. The van der Waals surface area contributed by atoms with Crippen LogP contribution in [0.4, 0.5) is 0 Å². The lowest BCUT2D eigenvalue weighted by Gasteiger charge is -2.17. The summed E-state index contributed by atoms with van der Waals surface area (Å²) in [6.45, 7) is 0.595. The van der Waals surface area contributed by atoms with Crippen molar-refractivity contribution < 1.29 is 27.9 Å². The minimum atomic E-state index is -3.65. The summed E-state index contributed by atoms with van der Waals surface area (Å²) in [7, 11) is 4.52. The van der Waals surface area contributed by atoms with Gasteiger partial charge in [-0.15, -0.1) is 0 Å². The molecule has 1 N–H and O–H groups in total. The Balaban J connectivity index is 2.23. The van der Waals surface area contributed by atoms with Crippen LogP contribution in [0.5, 0.6) is 5.75 Å². The van der Waals surface area contributed by atoms with Crippen LogP contribution in [-0.2, 0) is 36.3 Å². The molecule has 1 unspecified atom stereocenters. The van der Waals surface area contributed by atoms with Crippen LogP contribution < -0.4 is 9.82 Å². The molecule has 0 spiro atoms. The van der Waals surface area contributed by atoms with Crippen molar-refractivity contribution in [3.05, 3.63) is 30.0 Å². The minimum absolute atomic E-state index is 0.00984. The van der Waals surface area contributed by atoms with Gasteiger partial charge in [0.25, 0.3) is 0 Å². The van der Waals surface area contributed by atoms with Gasteiger partial charge >= 0.3 is 13.7 Å². The molecule has 2 aromatic rings. The second kappa shape index (κ2) is 10.0. The second-order valence-corrected chi connectivity index (χ2v) is 8.34. The van der Waals surface area contributed by atoms with Crippen LogP contribution in [0.1, 0.15) is 5.56 Å². The van der Waals surface area contributed by atoms with Gasteiger partial charge < -0.3 is 23.5 Å². The first-order chi connectivity index (χ1) is 13.3. The van der Waals surface area contributed by atoms with Crippen molar-refractivity contribution in [2.45, 2.75) is 13.2 Å². The molecule has 0 aliphatic rings. The number of ether oxygens (including phenoxy) is 2. The quantitative estimate of drug-likeness (QED) is 0.443. The highest BCUT2D eigenvalue weighted by molar-refractivity contribution is 7.51. The number of nitrogens with one attached hydrogen (secondary N) is 1. The van der Waals surface area contributed by atoms with Gasteiger partial charge in [-0.2, -0.15) is 0 Å². The van der Waals surface area contributed by atoms with Crippen LogP contribution in [-0.4, -0.2) is 64.0 Å². The van der Waals surface area contributed by atoms with Gasteiger partial charge in [0, 0.05) is 25.2 Å². The molecule has 1 aromatic heterocycles. The van der Waals surface area contributed by atoms with Gasteiger partial charge in [0.2, 0.25) is 0 Å². The topological polar surface area (TPSA) is 91.3 Å². The van der Waals surface area contributed by atoms with Crippen LogP contribution >= 0.6 is 7.75 Å². The number of benzene rings is 1. The highest BCUT2D eigenvalue weighted by Gasteiger charge is 2.24. The summed E-state index contributed by atoms with van der Waals surface area (Å²) >= 11 is 0. The third-order valence-electron chi connectivity index (χ3n) is 4.25. The number of nitrogens with zero attached hydrogens (tertiary/aromatic N) is 2. The Labute approximate surface area is 165 Å². The zero-order valence-electron chi connectivity index (χ0n) is 16.9. The first-order valence-corrected chi connectivity index (χ1v) is 10.3. The van der Waals surface area contributed by atoms with E-state index in [0.717, 1.165) is 35.2 Å². The summed E-state index contributed by atoms with van der Waals surface area (Å²) < 4.78 is 34.8. The van der Waals surface area contributed by atoms with E-state index in [-0.39, 0.29) is 13.3 Å². The van der Waals surface area contributed by atoms with Gasteiger partial charge in [0.05, 0.1) is 19.7 Å². The van der Waals surface area contributed by atoms with Crippen LogP contribution in [0.25, 0.3) is 10.9 Å². The fourth-order valence-corrected chi connectivity index (χ4v) is 3.59. The first-order valence-electron chi connectivity index (χ1n) is 8.74. The van der Waals surface area contributed by atoms with E-state index < -0.39 is 13.7 Å². The number of esters is 1. The van der Waals surface area contributed by atoms with Gasteiger partial charge in [0.1, 0.15) is 19.0 Å². The maximum atomic E-state index is 12.6.